The Hall–Kier alpha value is -2.74. The van der Waals surface area contributed by atoms with Crippen LogP contribution in [0.15, 0.2) is 33.9 Å². The van der Waals surface area contributed by atoms with Crippen LogP contribution in [0, 0.1) is 18.6 Å². The van der Waals surface area contributed by atoms with Crippen molar-refractivity contribution in [2.24, 2.45) is 0 Å². The van der Waals surface area contributed by atoms with Crippen molar-refractivity contribution in [2.75, 3.05) is 20.6 Å². The van der Waals surface area contributed by atoms with Gasteiger partial charge in [-0.2, -0.15) is 0 Å². The Bertz CT molecular complexity index is 1040. The molecule has 1 aromatic carbocycles. The van der Waals surface area contributed by atoms with Gasteiger partial charge < -0.3 is 9.47 Å². The normalized spacial score (nSPS) is 11.6. The van der Waals surface area contributed by atoms with E-state index in [-0.39, 0.29) is 11.2 Å². The van der Waals surface area contributed by atoms with Crippen molar-refractivity contribution in [3.8, 4) is 5.69 Å². The molecule has 2 heterocycles. The number of rotatable bonds is 4. The molecule has 3 rings (SSSR count). The van der Waals surface area contributed by atoms with Gasteiger partial charge in [0.2, 0.25) is 0 Å². The minimum absolute atomic E-state index is 0.0328. The molecule has 25 heavy (non-hydrogen) atoms. The number of H-pyrrole nitrogens is 1. The second kappa shape index (κ2) is 6.29. The third-order valence-corrected chi connectivity index (χ3v) is 4.10. The monoisotopic (exact) mass is 348 g/mol. The molecule has 0 aliphatic heterocycles. The second-order valence-electron chi connectivity index (χ2n) is 6.19. The maximum Gasteiger partial charge on any atom is 0.280 e. The minimum Gasteiger partial charge on any atom is -0.311 e. The molecule has 132 valence electrons. The number of likely N-dealkylation sites (N-methyl/N-ethyl adjacent to an activating group) is 1. The standard InChI is InChI=1S/C17H18F2N4O2/c1-10-16-14(9-15(24)22(10)5-4-21(2)3)20-23(17(16)25)13-7-11(18)6-12(19)8-13/h6-9,20H,4-5H2,1-3H3. The summed E-state index contributed by atoms with van der Waals surface area (Å²) >= 11 is 0. The lowest BCUT2D eigenvalue weighted by Crippen LogP contribution is -2.28. The summed E-state index contributed by atoms with van der Waals surface area (Å²) in [5.41, 5.74) is 0.173. The number of hydrogen-bond donors (Lipinski definition) is 1. The molecule has 0 unspecified atom stereocenters. The van der Waals surface area contributed by atoms with Gasteiger partial charge in [-0.3, -0.25) is 14.7 Å². The van der Waals surface area contributed by atoms with Gasteiger partial charge in [0, 0.05) is 30.9 Å². The fraction of sp³-hybridized carbons (Fsp3) is 0.294. The molecule has 0 amide bonds. The lowest BCUT2D eigenvalue weighted by atomic mass is 10.2. The molecule has 8 heteroatoms. The van der Waals surface area contributed by atoms with Gasteiger partial charge >= 0.3 is 0 Å². The molecule has 0 atom stereocenters. The summed E-state index contributed by atoms with van der Waals surface area (Å²) < 4.78 is 29.5. The number of nitrogens with zero attached hydrogens (tertiary/aromatic N) is 3. The van der Waals surface area contributed by atoms with Gasteiger partial charge in [0.15, 0.2) is 0 Å². The Morgan fingerprint density at radius 2 is 1.72 bits per heavy atom. The molecule has 0 saturated carbocycles. The van der Waals surface area contributed by atoms with Crippen LogP contribution in [-0.4, -0.2) is 39.9 Å². The fourth-order valence-electron chi connectivity index (χ4n) is 2.84. The first-order valence-corrected chi connectivity index (χ1v) is 7.74. The van der Waals surface area contributed by atoms with Gasteiger partial charge in [0.1, 0.15) is 11.6 Å². The number of halogens is 2. The number of aromatic amines is 1. The largest absolute Gasteiger partial charge is 0.311 e. The number of aryl methyl sites for hydroxylation is 1. The predicted octanol–water partition coefficient (Wildman–Crippen LogP) is 1.63. The highest BCUT2D eigenvalue weighted by atomic mass is 19.1. The average Bonchev–Trinajstić information content (AvgIpc) is 2.82. The van der Waals surface area contributed by atoms with E-state index in [0.717, 1.165) is 22.9 Å². The van der Waals surface area contributed by atoms with E-state index in [1.54, 1.807) is 6.92 Å². The van der Waals surface area contributed by atoms with Crippen molar-refractivity contribution in [3.63, 3.8) is 0 Å². The molecular weight excluding hydrogens is 330 g/mol. The minimum atomic E-state index is -0.789. The Balaban J connectivity index is 2.22. The van der Waals surface area contributed by atoms with Gasteiger partial charge in [0.25, 0.3) is 11.1 Å². The Morgan fingerprint density at radius 1 is 1.08 bits per heavy atom. The lowest BCUT2D eigenvalue weighted by Gasteiger charge is -2.13. The van der Waals surface area contributed by atoms with Crippen LogP contribution < -0.4 is 11.1 Å². The van der Waals surface area contributed by atoms with E-state index in [4.69, 9.17) is 0 Å². The Labute approximate surface area is 141 Å². The van der Waals surface area contributed by atoms with E-state index in [1.165, 1.54) is 10.6 Å². The number of nitrogens with one attached hydrogen (secondary N) is 1. The summed E-state index contributed by atoms with van der Waals surface area (Å²) in [4.78, 5) is 27.0. The molecule has 0 fully saturated rings. The van der Waals surface area contributed by atoms with E-state index in [1.807, 2.05) is 19.0 Å². The number of hydrogen-bond acceptors (Lipinski definition) is 3. The van der Waals surface area contributed by atoms with Gasteiger partial charge in [-0.25, -0.2) is 13.5 Å². The summed E-state index contributed by atoms with van der Waals surface area (Å²) in [6.07, 6.45) is 0. The highest BCUT2D eigenvalue weighted by Crippen LogP contribution is 2.15. The van der Waals surface area contributed by atoms with Crippen LogP contribution in [0.2, 0.25) is 0 Å². The summed E-state index contributed by atoms with van der Waals surface area (Å²) in [6, 6.07) is 4.15. The van der Waals surface area contributed by atoms with E-state index < -0.39 is 17.2 Å². The van der Waals surface area contributed by atoms with Crippen LogP contribution in [0.1, 0.15) is 5.69 Å². The van der Waals surface area contributed by atoms with Gasteiger partial charge in [-0.15, -0.1) is 0 Å². The maximum atomic E-state index is 13.5. The fourth-order valence-corrected chi connectivity index (χ4v) is 2.84. The van der Waals surface area contributed by atoms with E-state index in [2.05, 4.69) is 5.10 Å². The number of benzene rings is 1. The Morgan fingerprint density at radius 3 is 2.32 bits per heavy atom. The van der Waals surface area contributed by atoms with Crippen LogP contribution in [-0.2, 0) is 6.54 Å². The van der Waals surface area contributed by atoms with Crippen LogP contribution >= 0.6 is 0 Å². The molecule has 1 N–H and O–H groups in total. The molecule has 0 saturated heterocycles. The smallest absolute Gasteiger partial charge is 0.280 e. The summed E-state index contributed by atoms with van der Waals surface area (Å²) in [5, 5.41) is 3.08. The Kier molecular flexibility index (Phi) is 4.30. The predicted molar refractivity (Wildman–Crippen MR) is 91.4 cm³/mol. The van der Waals surface area contributed by atoms with Gasteiger partial charge in [-0.05, 0) is 33.2 Å². The van der Waals surface area contributed by atoms with E-state index >= 15 is 0 Å². The van der Waals surface area contributed by atoms with Crippen LogP contribution in [0.4, 0.5) is 8.78 Å². The molecule has 3 aromatic rings. The second-order valence-corrected chi connectivity index (χ2v) is 6.19. The van der Waals surface area contributed by atoms with Crippen molar-refractivity contribution >= 4 is 10.9 Å². The van der Waals surface area contributed by atoms with Crippen LogP contribution in [0.3, 0.4) is 0 Å². The molecular formula is C17H18F2N4O2. The molecule has 0 aliphatic carbocycles. The zero-order valence-corrected chi connectivity index (χ0v) is 14.1. The van der Waals surface area contributed by atoms with Crippen LogP contribution in [0.5, 0.6) is 0 Å². The zero-order valence-electron chi connectivity index (χ0n) is 14.1. The highest BCUT2D eigenvalue weighted by molar-refractivity contribution is 5.80. The van der Waals surface area contributed by atoms with Gasteiger partial charge in [0.05, 0.1) is 16.6 Å². The molecule has 0 radical (unpaired) electrons. The lowest BCUT2D eigenvalue weighted by molar-refractivity contribution is 0.379. The summed E-state index contributed by atoms with van der Waals surface area (Å²) in [6.45, 7) is 2.76. The zero-order chi connectivity index (χ0) is 18.3. The first-order chi connectivity index (χ1) is 11.8. The molecule has 6 nitrogen and oxygen atoms in total. The molecule has 0 aliphatic rings. The summed E-state index contributed by atoms with van der Waals surface area (Å²) in [7, 11) is 3.78. The van der Waals surface area contributed by atoms with Gasteiger partial charge in [-0.1, -0.05) is 0 Å². The van der Waals surface area contributed by atoms with Crippen LogP contribution in [0.25, 0.3) is 16.6 Å². The first kappa shape index (κ1) is 17.1. The van der Waals surface area contributed by atoms with Crippen molar-refractivity contribution in [1.82, 2.24) is 19.2 Å². The van der Waals surface area contributed by atoms with Crippen molar-refractivity contribution in [2.45, 2.75) is 13.5 Å². The molecule has 0 spiro atoms. The third kappa shape index (κ3) is 3.12. The summed E-state index contributed by atoms with van der Waals surface area (Å²) in [5.74, 6) is -1.58. The van der Waals surface area contributed by atoms with Crippen molar-refractivity contribution in [1.29, 1.82) is 0 Å². The molecule has 0 bridgehead atoms. The van der Waals surface area contributed by atoms with Crippen molar-refractivity contribution in [3.05, 3.63) is 62.3 Å². The number of pyridine rings is 1. The average molecular weight is 348 g/mol. The first-order valence-electron chi connectivity index (χ1n) is 7.74. The third-order valence-electron chi connectivity index (χ3n) is 4.10. The highest BCUT2D eigenvalue weighted by Gasteiger charge is 2.16. The number of fused-ring (bicyclic) bond motifs is 1. The van der Waals surface area contributed by atoms with Crippen molar-refractivity contribution < 1.29 is 8.78 Å². The quantitative estimate of drug-likeness (QED) is 0.779. The van der Waals surface area contributed by atoms with E-state index in [0.29, 0.717) is 29.7 Å². The van der Waals surface area contributed by atoms with E-state index in [9.17, 15) is 18.4 Å². The maximum absolute atomic E-state index is 13.5. The molecule has 2 aromatic heterocycles. The number of aromatic nitrogens is 3. The topological polar surface area (TPSA) is 63.0 Å². The SMILES string of the molecule is Cc1c2c(=O)n(-c3cc(F)cc(F)c3)[nH]c2cc(=O)n1CCN(C)C.